The Kier molecular flexibility index (Phi) is 4.31. The largest absolute Gasteiger partial charge is 0.353 e. The van der Waals surface area contributed by atoms with Crippen LogP contribution in [0.3, 0.4) is 0 Å². The van der Waals surface area contributed by atoms with Gasteiger partial charge < -0.3 is 9.88 Å². The first-order valence-electron chi connectivity index (χ1n) is 7.38. The van der Waals surface area contributed by atoms with Crippen LogP contribution in [0.1, 0.15) is 64.6 Å². The predicted octanol–water partition coefficient (Wildman–Crippen LogP) is 4.15. The molecule has 3 heteroatoms. The Hall–Kier alpha value is -0.990. The zero-order valence-electron chi connectivity index (χ0n) is 12.2. The van der Waals surface area contributed by atoms with Crippen molar-refractivity contribution in [1.82, 2.24) is 9.55 Å². The van der Waals surface area contributed by atoms with Crippen molar-refractivity contribution in [1.29, 1.82) is 0 Å². The lowest BCUT2D eigenvalue weighted by Gasteiger charge is -2.20. The molecule has 1 fully saturated rings. The number of imidazole rings is 1. The van der Waals surface area contributed by atoms with Crippen LogP contribution in [0, 0.1) is 12.8 Å². The fourth-order valence-corrected chi connectivity index (χ4v) is 3.01. The summed E-state index contributed by atoms with van der Waals surface area (Å²) in [7, 11) is 0. The molecule has 0 radical (unpaired) electrons. The molecule has 1 aromatic heterocycles. The van der Waals surface area contributed by atoms with Crippen LogP contribution in [0.5, 0.6) is 0 Å². The van der Waals surface area contributed by atoms with Gasteiger partial charge in [-0.15, -0.1) is 0 Å². The highest BCUT2D eigenvalue weighted by Crippen LogP contribution is 2.26. The van der Waals surface area contributed by atoms with Gasteiger partial charge in [0, 0.05) is 18.3 Å². The van der Waals surface area contributed by atoms with E-state index in [4.69, 9.17) is 0 Å². The molecule has 0 saturated heterocycles. The lowest BCUT2D eigenvalue weighted by Crippen LogP contribution is -2.19. The summed E-state index contributed by atoms with van der Waals surface area (Å²) >= 11 is 0. The van der Waals surface area contributed by atoms with Crippen molar-refractivity contribution in [2.45, 2.75) is 71.9 Å². The quantitative estimate of drug-likeness (QED) is 0.849. The minimum Gasteiger partial charge on any atom is -0.353 e. The van der Waals surface area contributed by atoms with E-state index in [-0.39, 0.29) is 0 Å². The number of rotatable bonds is 5. The van der Waals surface area contributed by atoms with Crippen molar-refractivity contribution in [3.8, 4) is 0 Å². The Bertz CT molecular complexity index is 375. The number of hydrogen-bond acceptors (Lipinski definition) is 2. The van der Waals surface area contributed by atoms with Crippen LogP contribution in [-0.4, -0.2) is 15.6 Å². The Morgan fingerprint density at radius 2 is 2.00 bits per heavy atom. The van der Waals surface area contributed by atoms with Crippen molar-refractivity contribution in [3.05, 3.63) is 11.9 Å². The summed E-state index contributed by atoms with van der Waals surface area (Å²) in [5.74, 6) is 1.80. The number of aryl methyl sites for hydroxylation is 1. The van der Waals surface area contributed by atoms with Crippen LogP contribution in [0.25, 0.3) is 0 Å². The topological polar surface area (TPSA) is 29.9 Å². The molecular weight excluding hydrogens is 222 g/mol. The maximum atomic E-state index is 4.65. The van der Waals surface area contributed by atoms with Crippen molar-refractivity contribution in [3.63, 3.8) is 0 Å². The van der Waals surface area contributed by atoms with Crippen LogP contribution >= 0.6 is 0 Å². The summed E-state index contributed by atoms with van der Waals surface area (Å²) in [6, 6.07) is 1.16. The van der Waals surface area contributed by atoms with E-state index in [1.807, 2.05) is 0 Å². The summed E-state index contributed by atoms with van der Waals surface area (Å²) in [6.07, 6.45) is 8.70. The second-order valence-electron chi connectivity index (χ2n) is 6.22. The highest BCUT2D eigenvalue weighted by molar-refractivity contribution is 5.31. The maximum Gasteiger partial charge on any atom is 0.203 e. The third-order valence-corrected chi connectivity index (χ3v) is 3.83. The van der Waals surface area contributed by atoms with E-state index in [0.717, 1.165) is 17.6 Å². The molecule has 1 saturated carbocycles. The van der Waals surface area contributed by atoms with Crippen LogP contribution in [0.2, 0.25) is 0 Å². The van der Waals surface area contributed by atoms with E-state index in [9.17, 15) is 0 Å². The van der Waals surface area contributed by atoms with E-state index in [0.29, 0.717) is 12.1 Å². The average Bonchev–Trinajstić information content (AvgIpc) is 2.87. The molecule has 18 heavy (non-hydrogen) atoms. The Morgan fingerprint density at radius 1 is 1.33 bits per heavy atom. The van der Waals surface area contributed by atoms with Crippen LogP contribution < -0.4 is 5.32 Å². The molecule has 0 spiro atoms. The molecule has 1 aliphatic carbocycles. The van der Waals surface area contributed by atoms with Gasteiger partial charge >= 0.3 is 0 Å². The minimum absolute atomic E-state index is 0.523. The number of nitrogens with zero attached hydrogens (tertiary/aromatic N) is 2. The van der Waals surface area contributed by atoms with Gasteiger partial charge in [-0.3, -0.25) is 0 Å². The van der Waals surface area contributed by atoms with Gasteiger partial charge in [0.1, 0.15) is 0 Å². The van der Waals surface area contributed by atoms with E-state index in [2.05, 4.69) is 48.8 Å². The number of aromatic nitrogens is 2. The summed E-state index contributed by atoms with van der Waals surface area (Å²) in [5, 5.41) is 3.64. The average molecular weight is 249 g/mol. The normalized spacial score (nSPS) is 18.5. The van der Waals surface area contributed by atoms with Gasteiger partial charge in [-0.1, -0.05) is 26.7 Å². The van der Waals surface area contributed by atoms with Gasteiger partial charge in [0.15, 0.2) is 0 Å². The van der Waals surface area contributed by atoms with Gasteiger partial charge in [-0.25, -0.2) is 4.98 Å². The molecular formula is C15H27N3. The van der Waals surface area contributed by atoms with Gasteiger partial charge in [-0.05, 0) is 39.0 Å². The zero-order valence-corrected chi connectivity index (χ0v) is 12.2. The molecule has 2 rings (SSSR count). The molecule has 102 valence electrons. The van der Waals surface area contributed by atoms with Gasteiger partial charge in [0.25, 0.3) is 0 Å². The zero-order chi connectivity index (χ0) is 13.1. The smallest absolute Gasteiger partial charge is 0.203 e. The second-order valence-corrected chi connectivity index (χ2v) is 6.22. The molecule has 1 aliphatic rings. The van der Waals surface area contributed by atoms with E-state index in [1.165, 1.54) is 32.1 Å². The standard InChI is InChI=1S/C15H27N3/c1-11(2)9-13(4)18-10-12(3)16-15(18)17-14-7-5-6-8-14/h10-11,13-14H,5-9H2,1-4H3,(H,16,17). The predicted molar refractivity (Wildman–Crippen MR) is 77.0 cm³/mol. The summed E-state index contributed by atoms with van der Waals surface area (Å²) in [4.78, 5) is 4.65. The highest BCUT2D eigenvalue weighted by Gasteiger charge is 2.19. The molecule has 1 atom stereocenters. The molecule has 3 nitrogen and oxygen atoms in total. The van der Waals surface area contributed by atoms with Gasteiger partial charge in [0.2, 0.25) is 5.95 Å². The van der Waals surface area contributed by atoms with Crippen LogP contribution in [0.4, 0.5) is 5.95 Å². The molecule has 1 unspecified atom stereocenters. The molecule has 1 N–H and O–H groups in total. The minimum atomic E-state index is 0.523. The molecule has 0 amide bonds. The number of anilines is 1. The monoisotopic (exact) mass is 249 g/mol. The highest BCUT2D eigenvalue weighted by atomic mass is 15.2. The third kappa shape index (κ3) is 3.27. The lowest BCUT2D eigenvalue weighted by molar-refractivity contribution is 0.429. The van der Waals surface area contributed by atoms with Crippen molar-refractivity contribution < 1.29 is 0 Å². The van der Waals surface area contributed by atoms with Crippen molar-refractivity contribution >= 4 is 5.95 Å². The van der Waals surface area contributed by atoms with Crippen LogP contribution in [-0.2, 0) is 0 Å². The second kappa shape index (κ2) is 5.77. The fourth-order valence-electron chi connectivity index (χ4n) is 3.01. The first-order chi connectivity index (χ1) is 8.56. The molecule has 0 aromatic carbocycles. The molecule has 0 aliphatic heterocycles. The fraction of sp³-hybridized carbons (Fsp3) is 0.800. The Labute approximate surface area is 111 Å². The SMILES string of the molecule is Cc1cn(C(C)CC(C)C)c(NC2CCCC2)n1. The molecule has 0 bridgehead atoms. The first kappa shape index (κ1) is 13.4. The molecule has 1 heterocycles. The van der Waals surface area contributed by atoms with Crippen molar-refractivity contribution in [2.75, 3.05) is 5.32 Å². The van der Waals surface area contributed by atoms with Crippen molar-refractivity contribution in [2.24, 2.45) is 5.92 Å². The third-order valence-electron chi connectivity index (χ3n) is 3.83. The van der Waals surface area contributed by atoms with Gasteiger partial charge in [0.05, 0.1) is 5.69 Å². The van der Waals surface area contributed by atoms with E-state index >= 15 is 0 Å². The Balaban J connectivity index is 2.08. The number of hydrogen-bond donors (Lipinski definition) is 1. The number of nitrogens with one attached hydrogen (secondary N) is 1. The summed E-state index contributed by atoms with van der Waals surface area (Å²) < 4.78 is 2.33. The Morgan fingerprint density at radius 3 is 2.61 bits per heavy atom. The maximum absolute atomic E-state index is 4.65. The van der Waals surface area contributed by atoms with E-state index < -0.39 is 0 Å². The molecule has 1 aromatic rings. The summed E-state index contributed by atoms with van der Waals surface area (Å²) in [5.41, 5.74) is 1.12. The lowest BCUT2D eigenvalue weighted by atomic mass is 10.1. The first-order valence-corrected chi connectivity index (χ1v) is 7.38. The summed E-state index contributed by atoms with van der Waals surface area (Å²) in [6.45, 7) is 8.94. The van der Waals surface area contributed by atoms with E-state index in [1.54, 1.807) is 0 Å². The van der Waals surface area contributed by atoms with Crippen LogP contribution in [0.15, 0.2) is 6.20 Å². The van der Waals surface area contributed by atoms with Gasteiger partial charge in [-0.2, -0.15) is 0 Å².